The zero-order chi connectivity index (χ0) is 24.5. The minimum atomic E-state index is 0.800. The van der Waals surface area contributed by atoms with E-state index in [4.69, 9.17) is 18.9 Å². The average Bonchev–Trinajstić information content (AvgIpc) is 2.91. The van der Waals surface area contributed by atoms with E-state index in [1.807, 2.05) is 24.3 Å². The van der Waals surface area contributed by atoms with Gasteiger partial charge in [-0.15, -0.1) is 0 Å². The summed E-state index contributed by atoms with van der Waals surface area (Å²) >= 11 is 2.37. The number of fused-ring (bicyclic) bond motifs is 3. The van der Waals surface area contributed by atoms with Crippen LogP contribution in [-0.2, 0) is 0 Å². The second-order valence-electron chi connectivity index (χ2n) is 8.18. The number of rotatable bonds is 6. The highest BCUT2D eigenvalue weighted by atomic mass is 127. The number of ether oxygens (including phenoxy) is 4. The Morgan fingerprint density at radius 1 is 0.429 bits per heavy atom. The topological polar surface area (TPSA) is 36.9 Å². The smallest absolute Gasteiger partial charge is 0.119 e. The molecule has 4 nitrogen and oxygen atoms in total. The lowest BCUT2D eigenvalue weighted by molar-refractivity contribution is 0.414. The van der Waals surface area contributed by atoms with Crippen LogP contribution in [0.3, 0.4) is 0 Å². The summed E-state index contributed by atoms with van der Waals surface area (Å²) in [7, 11) is 6.78. The van der Waals surface area contributed by atoms with Crippen molar-refractivity contribution in [2.45, 2.75) is 0 Å². The van der Waals surface area contributed by atoms with Crippen LogP contribution in [0.2, 0.25) is 0 Å². The summed E-state index contributed by atoms with van der Waals surface area (Å²) in [5, 5.41) is 4.53. The van der Waals surface area contributed by atoms with Crippen molar-refractivity contribution in [3.05, 3.63) is 82.4 Å². The first-order valence-electron chi connectivity index (χ1n) is 11.2. The summed E-state index contributed by atoms with van der Waals surface area (Å²) in [6.07, 6.45) is 0. The molecule has 5 rings (SSSR count). The van der Waals surface area contributed by atoms with Gasteiger partial charge < -0.3 is 18.9 Å². The highest BCUT2D eigenvalue weighted by Gasteiger charge is 2.17. The largest absolute Gasteiger partial charge is 0.497 e. The molecule has 0 radical (unpaired) electrons. The summed E-state index contributed by atoms with van der Waals surface area (Å²) in [5.41, 5.74) is 4.42. The van der Waals surface area contributed by atoms with Gasteiger partial charge in [0.1, 0.15) is 23.0 Å². The van der Waals surface area contributed by atoms with Gasteiger partial charge in [0.2, 0.25) is 0 Å². The van der Waals surface area contributed by atoms with Crippen molar-refractivity contribution in [1.82, 2.24) is 0 Å². The van der Waals surface area contributed by atoms with Crippen LogP contribution in [0.1, 0.15) is 0 Å². The number of benzene rings is 5. The predicted molar refractivity (Wildman–Crippen MR) is 151 cm³/mol. The van der Waals surface area contributed by atoms with E-state index in [1.54, 1.807) is 28.4 Å². The Kier molecular flexibility index (Phi) is 6.43. The van der Waals surface area contributed by atoms with Crippen LogP contribution in [0.15, 0.2) is 78.9 Å². The van der Waals surface area contributed by atoms with E-state index in [-0.39, 0.29) is 0 Å². The van der Waals surface area contributed by atoms with Gasteiger partial charge in [-0.05, 0) is 127 Å². The Morgan fingerprint density at radius 2 is 0.971 bits per heavy atom. The first-order chi connectivity index (χ1) is 17.1. The Balaban J connectivity index is 1.88. The summed E-state index contributed by atoms with van der Waals surface area (Å²) in [6, 6.07) is 27.1. The van der Waals surface area contributed by atoms with Gasteiger partial charge in [-0.3, -0.25) is 0 Å². The molecule has 5 aromatic rings. The predicted octanol–water partition coefficient (Wildman–Crippen LogP) is 7.97. The minimum absolute atomic E-state index is 0.800. The molecule has 0 aliphatic carbocycles. The van der Waals surface area contributed by atoms with Gasteiger partial charge in [0.15, 0.2) is 0 Å². The lowest BCUT2D eigenvalue weighted by Crippen LogP contribution is -1.94. The standard InChI is InChI=1S/C30H25IO4/c1-32-19-5-9-23-18(13-19)14-27(28-15-20(33-2)6-10-24(23)28)29-16-21(34-3)7-11-25(29)26-12-8-22(35-4)17-30(26)31/h5-17H,1-4H3. The summed E-state index contributed by atoms with van der Waals surface area (Å²) < 4.78 is 23.3. The molecule has 0 saturated carbocycles. The molecule has 5 heteroatoms. The van der Waals surface area contributed by atoms with Crippen molar-refractivity contribution < 1.29 is 18.9 Å². The van der Waals surface area contributed by atoms with Crippen molar-refractivity contribution in [3.8, 4) is 45.3 Å². The van der Waals surface area contributed by atoms with E-state index in [2.05, 4.69) is 77.2 Å². The van der Waals surface area contributed by atoms with Crippen molar-refractivity contribution in [2.24, 2.45) is 0 Å². The first-order valence-corrected chi connectivity index (χ1v) is 12.2. The molecule has 0 unspecified atom stereocenters. The maximum Gasteiger partial charge on any atom is 0.119 e. The lowest BCUT2D eigenvalue weighted by atomic mass is 9.88. The second kappa shape index (κ2) is 9.66. The fourth-order valence-electron chi connectivity index (χ4n) is 4.55. The molecule has 0 aliphatic heterocycles. The molecular weight excluding hydrogens is 551 g/mol. The van der Waals surface area contributed by atoms with Crippen LogP contribution in [0.25, 0.3) is 43.8 Å². The van der Waals surface area contributed by atoms with E-state index in [0.29, 0.717) is 0 Å². The molecule has 0 bridgehead atoms. The average molecular weight is 576 g/mol. The molecule has 0 spiro atoms. The van der Waals surface area contributed by atoms with E-state index in [1.165, 1.54) is 0 Å². The maximum absolute atomic E-state index is 5.65. The molecule has 0 amide bonds. The summed E-state index contributed by atoms with van der Waals surface area (Å²) in [6.45, 7) is 0. The molecule has 0 heterocycles. The van der Waals surface area contributed by atoms with Crippen molar-refractivity contribution in [3.63, 3.8) is 0 Å². The molecule has 176 valence electrons. The molecule has 0 N–H and O–H groups in total. The third-order valence-corrected chi connectivity index (χ3v) is 7.24. The van der Waals surface area contributed by atoms with E-state index >= 15 is 0 Å². The zero-order valence-electron chi connectivity index (χ0n) is 20.0. The first kappa shape index (κ1) is 23.3. The number of halogens is 1. The fourth-order valence-corrected chi connectivity index (χ4v) is 5.32. The number of hydrogen-bond donors (Lipinski definition) is 0. The summed E-state index contributed by atoms with van der Waals surface area (Å²) in [5.74, 6) is 3.28. The quantitative estimate of drug-likeness (QED) is 0.152. The minimum Gasteiger partial charge on any atom is -0.497 e. The Hall–Kier alpha value is -3.45. The normalized spacial score (nSPS) is 11.0. The van der Waals surface area contributed by atoms with Gasteiger partial charge in [-0.2, -0.15) is 0 Å². The Morgan fingerprint density at radius 3 is 1.63 bits per heavy atom. The second-order valence-corrected chi connectivity index (χ2v) is 9.34. The molecule has 5 aromatic carbocycles. The molecule has 0 atom stereocenters. The highest BCUT2D eigenvalue weighted by molar-refractivity contribution is 14.1. The van der Waals surface area contributed by atoms with Crippen LogP contribution < -0.4 is 18.9 Å². The number of hydrogen-bond acceptors (Lipinski definition) is 4. The third-order valence-electron chi connectivity index (χ3n) is 6.35. The van der Waals surface area contributed by atoms with Gasteiger partial charge in [0.25, 0.3) is 0 Å². The molecule has 0 saturated heterocycles. The lowest BCUT2D eigenvalue weighted by Gasteiger charge is -2.18. The van der Waals surface area contributed by atoms with E-state index < -0.39 is 0 Å². The van der Waals surface area contributed by atoms with Crippen LogP contribution >= 0.6 is 22.6 Å². The van der Waals surface area contributed by atoms with Gasteiger partial charge in [0.05, 0.1) is 28.4 Å². The zero-order valence-corrected chi connectivity index (χ0v) is 22.2. The van der Waals surface area contributed by atoms with E-state index in [9.17, 15) is 0 Å². The molecule has 0 fully saturated rings. The van der Waals surface area contributed by atoms with Crippen LogP contribution in [-0.4, -0.2) is 28.4 Å². The van der Waals surface area contributed by atoms with Crippen LogP contribution in [0.5, 0.6) is 23.0 Å². The molecule has 0 aromatic heterocycles. The Bertz CT molecular complexity index is 1560. The van der Waals surface area contributed by atoms with Crippen molar-refractivity contribution >= 4 is 44.1 Å². The van der Waals surface area contributed by atoms with Gasteiger partial charge in [0, 0.05) is 3.57 Å². The Labute approximate surface area is 218 Å². The van der Waals surface area contributed by atoms with Gasteiger partial charge in [-0.1, -0.05) is 18.2 Å². The van der Waals surface area contributed by atoms with E-state index in [0.717, 1.165) is 70.4 Å². The molecule has 35 heavy (non-hydrogen) atoms. The van der Waals surface area contributed by atoms with Crippen LogP contribution in [0, 0.1) is 3.57 Å². The SMILES string of the molecule is COc1ccc(-c2ccc(OC)cc2-c2cc3cc(OC)ccc3c3ccc(OC)cc23)c(I)c1. The summed E-state index contributed by atoms with van der Waals surface area (Å²) in [4.78, 5) is 0. The molecule has 0 aliphatic rings. The number of methoxy groups -OCH3 is 4. The van der Waals surface area contributed by atoms with Gasteiger partial charge in [-0.25, -0.2) is 0 Å². The maximum atomic E-state index is 5.65. The van der Waals surface area contributed by atoms with Gasteiger partial charge >= 0.3 is 0 Å². The fraction of sp³-hybridized carbons (Fsp3) is 0.133. The monoisotopic (exact) mass is 576 g/mol. The van der Waals surface area contributed by atoms with Crippen LogP contribution in [0.4, 0.5) is 0 Å². The third kappa shape index (κ3) is 4.25. The van der Waals surface area contributed by atoms with Crippen molar-refractivity contribution in [2.75, 3.05) is 28.4 Å². The van der Waals surface area contributed by atoms with Crippen molar-refractivity contribution in [1.29, 1.82) is 0 Å². The highest BCUT2D eigenvalue weighted by Crippen LogP contribution is 2.43. The molecular formula is C30H25IO4.